The molecule has 92 valence electrons. The summed E-state index contributed by atoms with van der Waals surface area (Å²) in [5.41, 5.74) is 0.918. The van der Waals surface area contributed by atoms with Gasteiger partial charge in [0.1, 0.15) is 0 Å². The summed E-state index contributed by atoms with van der Waals surface area (Å²) in [5, 5.41) is 0.662. The molecule has 0 unspecified atom stereocenters. The predicted molar refractivity (Wildman–Crippen MR) is 68.3 cm³/mol. The highest BCUT2D eigenvalue weighted by molar-refractivity contribution is 7.99. The van der Waals surface area contributed by atoms with Crippen molar-refractivity contribution in [2.75, 3.05) is 7.11 Å². The van der Waals surface area contributed by atoms with Crippen molar-refractivity contribution in [3.05, 3.63) is 48.3 Å². The molecule has 0 saturated heterocycles. The Labute approximate surface area is 109 Å². The van der Waals surface area contributed by atoms with Crippen molar-refractivity contribution in [2.24, 2.45) is 0 Å². The first kappa shape index (κ1) is 12.6. The van der Waals surface area contributed by atoms with Gasteiger partial charge in [0.05, 0.1) is 13.5 Å². The number of benzene rings is 1. The van der Waals surface area contributed by atoms with E-state index in [-0.39, 0.29) is 12.4 Å². The van der Waals surface area contributed by atoms with Gasteiger partial charge < -0.3 is 4.74 Å². The van der Waals surface area contributed by atoms with Gasteiger partial charge in [0.25, 0.3) is 0 Å². The molecule has 2 rings (SSSR count). The molecule has 0 saturated carbocycles. The molecule has 0 radical (unpaired) electrons. The van der Waals surface area contributed by atoms with E-state index >= 15 is 0 Å². The Morgan fingerprint density at radius 1 is 1.22 bits per heavy atom. The number of nitrogens with zero attached hydrogens (tertiary/aromatic N) is 2. The van der Waals surface area contributed by atoms with Crippen LogP contribution < -0.4 is 0 Å². The minimum absolute atomic E-state index is 0.253. The van der Waals surface area contributed by atoms with Crippen LogP contribution in [0, 0.1) is 0 Å². The van der Waals surface area contributed by atoms with Crippen LogP contribution in [0.1, 0.15) is 5.56 Å². The van der Waals surface area contributed by atoms with Gasteiger partial charge in [0, 0.05) is 17.3 Å². The third kappa shape index (κ3) is 3.30. The zero-order chi connectivity index (χ0) is 12.8. The van der Waals surface area contributed by atoms with E-state index in [1.54, 1.807) is 18.5 Å². The molecular weight excluding hydrogens is 248 g/mol. The normalized spacial score (nSPS) is 10.1. The van der Waals surface area contributed by atoms with Gasteiger partial charge in [-0.15, -0.1) is 0 Å². The molecule has 1 aromatic heterocycles. The van der Waals surface area contributed by atoms with Crippen LogP contribution in [0.5, 0.6) is 0 Å². The van der Waals surface area contributed by atoms with E-state index in [9.17, 15) is 4.79 Å². The molecule has 0 aliphatic rings. The molecule has 0 atom stereocenters. The Morgan fingerprint density at radius 2 is 1.94 bits per heavy atom. The number of aromatic nitrogens is 2. The summed E-state index contributed by atoms with van der Waals surface area (Å²) < 4.78 is 4.68. The maximum Gasteiger partial charge on any atom is 0.310 e. The number of carbonyl (C=O) groups excluding carboxylic acids is 1. The van der Waals surface area contributed by atoms with Crippen LogP contribution >= 0.6 is 11.8 Å². The predicted octanol–water partition coefficient (Wildman–Crippen LogP) is 2.34. The Balaban J connectivity index is 2.20. The Kier molecular flexibility index (Phi) is 4.30. The number of ether oxygens (including phenoxy) is 1. The van der Waals surface area contributed by atoms with Gasteiger partial charge >= 0.3 is 5.97 Å². The van der Waals surface area contributed by atoms with Crippen molar-refractivity contribution in [3.63, 3.8) is 0 Å². The zero-order valence-electron chi connectivity index (χ0n) is 9.87. The second-order valence-corrected chi connectivity index (χ2v) is 4.50. The summed E-state index contributed by atoms with van der Waals surface area (Å²) in [6.45, 7) is 0. The third-order valence-electron chi connectivity index (χ3n) is 2.28. The summed E-state index contributed by atoms with van der Waals surface area (Å²) in [4.78, 5) is 20.6. The zero-order valence-corrected chi connectivity index (χ0v) is 10.7. The molecule has 0 fully saturated rings. The van der Waals surface area contributed by atoms with Crippen LogP contribution in [-0.2, 0) is 16.0 Å². The van der Waals surface area contributed by atoms with Crippen molar-refractivity contribution in [3.8, 4) is 0 Å². The average Bonchev–Trinajstić information content (AvgIpc) is 2.42. The number of esters is 1. The lowest BCUT2D eigenvalue weighted by atomic mass is 10.1. The largest absolute Gasteiger partial charge is 0.469 e. The SMILES string of the molecule is COC(=O)Cc1ccccc1Sc1ncccn1. The molecule has 4 nitrogen and oxygen atoms in total. The molecule has 0 spiro atoms. The second-order valence-electron chi connectivity index (χ2n) is 3.49. The summed E-state index contributed by atoms with van der Waals surface area (Å²) in [5.74, 6) is -0.253. The van der Waals surface area contributed by atoms with E-state index in [4.69, 9.17) is 0 Å². The minimum Gasteiger partial charge on any atom is -0.469 e. The van der Waals surface area contributed by atoms with Gasteiger partial charge in [-0.05, 0) is 29.5 Å². The van der Waals surface area contributed by atoms with Gasteiger partial charge in [0.15, 0.2) is 5.16 Å². The fraction of sp³-hybridized carbons (Fsp3) is 0.154. The number of methoxy groups -OCH3 is 1. The van der Waals surface area contributed by atoms with Crippen molar-refractivity contribution >= 4 is 17.7 Å². The van der Waals surface area contributed by atoms with Gasteiger partial charge in [-0.2, -0.15) is 0 Å². The van der Waals surface area contributed by atoms with E-state index in [0.29, 0.717) is 5.16 Å². The molecule has 0 aliphatic heterocycles. The summed E-state index contributed by atoms with van der Waals surface area (Å²) in [6.07, 6.45) is 3.64. The fourth-order valence-corrected chi connectivity index (χ4v) is 2.26. The number of rotatable bonds is 4. The second kappa shape index (κ2) is 6.16. The first-order valence-corrected chi connectivity index (χ1v) is 6.21. The van der Waals surface area contributed by atoms with E-state index in [1.165, 1.54) is 18.9 Å². The molecular formula is C13H12N2O2S. The first-order chi connectivity index (χ1) is 8.79. The van der Waals surface area contributed by atoms with Gasteiger partial charge in [-0.25, -0.2) is 9.97 Å². The lowest BCUT2D eigenvalue weighted by Crippen LogP contribution is -2.05. The minimum atomic E-state index is -0.253. The van der Waals surface area contributed by atoms with Crippen LogP contribution in [0.4, 0.5) is 0 Å². The van der Waals surface area contributed by atoms with Crippen molar-refractivity contribution in [2.45, 2.75) is 16.5 Å². The number of carbonyl (C=O) groups is 1. The van der Waals surface area contributed by atoms with E-state index in [0.717, 1.165) is 10.5 Å². The highest BCUT2D eigenvalue weighted by Crippen LogP contribution is 2.27. The Morgan fingerprint density at radius 3 is 2.67 bits per heavy atom. The molecule has 0 bridgehead atoms. The van der Waals surface area contributed by atoms with Crippen LogP contribution in [0.25, 0.3) is 0 Å². The molecule has 2 aromatic rings. The fourth-order valence-electron chi connectivity index (χ4n) is 1.41. The molecule has 0 aliphatic carbocycles. The van der Waals surface area contributed by atoms with Crippen molar-refractivity contribution < 1.29 is 9.53 Å². The molecule has 5 heteroatoms. The molecule has 1 heterocycles. The average molecular weight is 260 g/mol. The van der Waals surface area contributed by atoms with E-state index < -0.39 is 0 Å². The first-order valence-electron chi connectivity index (χ1n) is 5.39. The molecule has 0 N–H and O–H groups in total. The van der Waals surface area contributed by atoms with Crippen LogP contribution in [0.15, 0.2) is 52.8 Å². The summed E-state index contributed by atoms with van der Waals surface area (Å²) >= 11 is 1.44. The molecule has 1 aromatic carbocycles. The maximum atomic E-state index is 11.3. The van der Waals surface area contributed by atoms with E-state index in [1.807, 2.05) is 24.3 Å². The Hall–Kier alpha value is -1.88. The highest BCUT2D eigenvalue weighted by atomic mass is 32.2. The van der Waals surface area contributed by atoms with Crippen LogP contribution in [0.2, 0.25) is 0 Å². The Bertz CT molecular complexity index is 532. The molecule has 0 amide bonds. The standard InChI is InChI=1S/C13H12N2O2S/c1-17-12(16)9-10-5-2-3-6-11(10)18-13-14-7-4-8-15-13/h2-8H,9H2,1H3. The number of hydrogen-bond acceptors (Lipinski definition) is 5. The maximum absolute atomic E-state index is 11.3. The lowest BCUT2D eigenvalue weighted by molar-refractivity contribution is -0.139. The van der Waals surface area contributed by atoms with Crippen LogP contribution in [0.3, 0.4) is 0 Å². The highest BCUT2D eigenvalue weighted by Gasteiger charge is 2.09. The third-order valence-corrected chi connectivity index (χ3v) is 3.29. The quantitative estimate of drug-likeness (QED) is 0.624. The van der Waals surface area contributed by atoms with Crippen LogP contribution in [-0.4, -0.2) is 23.0 Å². The van der Waals surface area contributed by atoms with Gasteiger partial charge in [0.2, 0.25) is 0 Å². The van der Waals surface area contributed by atoms with E-state index in [2.05, 4.69) is 14.7 Å². The smallest absolute Gasteiger partial charge is 0.310 e. The monoisotopic (exact) mass is 260 g/mol. The molecule has 18 heavy (non-hydrogen) atoms. The number of hydrogen-bond donors (Lipinski definition) is 0. The van der Waals surface area contributed by atoms with Gasteiger partial charge in [-0.1, -0.05) is 18.2 Å². The van der Waals surface area contributed by atoms with Gasteiger partial charge in [-0.3, -0.25) is 4.79 Å². The lowest BCUT2D eigenvalue weighted by Gasteiger charge is -2.06. The van der Waals surface area contributed by atoms with Crippen molar-refractivity contribution in [1.82, 2.24) is 9.97 Å². The topological polar surface area (TPSA) is 52.1 Å². The van der Waals surface area contributed by atoms with Crippen molar-refractivity contribution in [1.29, 1.82) is 0 Å². The summed E-state index contributed by atoms with van der Waals surface area (Å²) in [6, 6.07) is 9.44. The summed E-state index contributed by atoms with van der Waals surface area (Å²) in [7, 11) is 1.39.